The summed E-state index contributed by atoms with van der Waals surface area (Å²) in [5.41, 5.74) is 1.01. The third-order valence-corrected chi connectivity index (χ3v) is 3.05. The molecular formula is C15H13ClFNO. The lowest BCUT2D eigenvalue weighted by Gasteiger charge is -2.07. The summed E-state index contributed by atoms with van der Waals surface area (Å²) < 4.78 is 13.5. The van der Waals surface area contributed by atoms with Crippen LogP contribution in [0.15, 0.2) is 48.5 Å². The lowest BCUT2D eigenvalue weighted by Crippen LogP contribution is -2.26. The molecule has 19 heavy (non-hydrogen) atoms. The second kappa shape index (κ2) is 6.34. The smallest absolute Gasteiger partial charge is 0.255 e. The largest absolute Gasteiger partial charge is 0.352 e. The Labute approximate surface area is 116 Å². The van der Waals surface area contributed by atoms with Crippen LogP contribution in [0, 0.1) is 5.82 Å². The number of hydrogen-bond donors (Lipinski definition) is 1. The molecule has 1 amide bonds. The average Bonchev–Trinajstić information content (AvgIpc) is 2.40. The lowest BCUT2D eigenvalue weighted by molar-refractivity contribution is 0.0950. The van der Waals surface area contributed by atoms with Gasteiger partial charge in [0, 0.05) is 6.54 Å². The Kier molecular flexibility index (Phi) is 4.53. The number of halogens is 2. The summed E-state index contributed by atoms with van der Waals surface area (Å²) in [6, 6.07) is 13.9. The molecule has 2 aromatic carbocycles. The molecule has 0 aliphatic carbocycles. The molecule has 0 fully saturated rings. The van der Waals surface area contributed by atoms with E-state index < -0.39 is 11.7 Å². The highest BCUT2D eigenvalue weighted by Crippen LogP contribution is 2.18. The molecule has 0 bridgehead atoms. The van der Waals surface area contributed by atoms with Crippen LogP contribution in [0.1, 0.15) is 15.9 Å². The molecule has 0 radical (unpaired) electrons. The second-order valence-electron chi connectivity index (χ2n) is 4.09. The van der Waals surface area contributed by atoms with E-state index in [1.165, 1.54) is 18.2 Å². The minimum Gasteiger partial charge on any atom is -0.352 e. The van der Waals surface area contributed by atoms with Crippen molar-refractivity contribution in [3.05, 3.63) is 70.5 Å². The van der Waals surface area contributed by atoms with Crippen molar-refractivity contribution in [1.29, 1.82) is 0 Å². The Morgan fingerprint density at radius 1 is 1.11 bits per heavy atom. The topological polar surface area (TPSA) is 29.1 Å². The minimum absolute atomic E-state index is 0.0998. The molecule has 4 heteroatoms. The van der Waals surface area contributed by atoms with Gasteiger partial charge in [0.25, 0.3) is 5.91 Å². The van der Waals surface area contributed by atoms with Crippen LogP contribution >= 0.6 is 11.6 Å². The molecule has 0 saturated heterocycles. The van der Waals surface area contributed by atoms with Gasteiger partial charge in [-0.2, -0.15) is 0 Å². The van der Waals surface area contributed by atoms with Crippen LogP contribution in [-0.4, -0.2) is 12.5 Å². The van der Waals surface area contributed by atoms with Crippen molar-refractivity contribution in [3.8, 4) is 0 Å². The molecule has 2 nitrogen and oxygen atoms in total. The van der Waals surface area contributed by atoms with Crippen LogP contribution < -0.4 is 5.32 Å². The summed E-state index contributed by atoms with van der Waals surface area (Å²) in [7, 11) is 0. The van der Waals surface area contributed by atoms with Crippen LogP contribution in [0.2, 0.25) is 5.02 Å². The zero-order chi connectivity index (χ0) is 13.7. The molecule has 2 aromatic rings. The van der Waals surface area contributed by atoms with E-state index in [0.29, 0.717) is 13.0 Å². The van der Waals surface area contributed by atoms with Gasteiger partial charge in [0.15, 0.2) is 0 Å². The van der Waals surface area contributed by atoms with Crippen molar-refractivity contribution in [2.75, 3.05) is 6.54 Å². The molecule has 2 rings (SSSR count). The molecule has 1 N–H and O–H groups in total. The first-order valence-electron chi connectivity index (χ1n) is 5.94. The number of rotatable bonds is 4. The number of amides is 1. The van der Waals surface area contributed by atoms with E-state index in [1.54, 1.807) is 0 Å². The Bertz CT molecular complexity index is 551. The Morgan fingerprint density at radius 3 is 2.53 bits per heavy atom. The van der Waals surface area contributed by atoms with Crippen molar-refractivity contribution in [2.45, 2.75) is 6.42 Å². The normalized spacial score (nSPS) is 10.2. The predicted molar refractivity (Wildman–Crippen MR) is 73.9 cm³/mol. The number of carbonyl (C=O) groups excluding carboxylic acids is 1. The van der Waals surface area contributed by atoms with Crippen LogP contribution in [0.5, 0.6) is 0 Å². The van der Waals surface area contributed by atoms with E-state index >= 15 is 0 Å². The quantitative estimate of drug-likeness (QED) is 0.911. The van der Waals surface area contributed by atoms with E-state index in [0.717, 1.165) is 5.56 Å². The molecule has 0 saturated carbocycles. The molecule has 0 atom stereocenters. The third kappa shape index (κ3) is 3.55. The van der Waals surface area contributed by atoms with E-state index in [-0.39, 0.29) is 10.6 Å². The van der Waals surface area contributed by atoms with Gasteiger partial charge < -0.3 is 5.32 Å². The van der Waals surface area contributed by atoms with Crippen molar-refractivity contribution < 1.29 is 9.18 Å². The number of nitrogens with one attached hydrogen (secondary N) is 1. The lowest BCUT2D eigenvalue weighted by atomic mass is 10.1. The molecule has 0 heterocycles. The molecular weight excluding hydrogens is 265 g/mol. The molecule has 0 spiro atoms. The zero-order valence-electron chi connectivity index (χ0n) is 10.2. The van der Waals surface area contributed by atoms with Crippen molar-refractivity contribution in [1.82, 2.24) is 5.32 Å². The fraction of sp³-hybridized carbons (Fsp3) is 0.133. The molecule has 0 aliphatic rings. The first-order chi connectivity index (χ1) is 9.18. The van der Waals surface area contributed by atoms with Gasteiger partial charge in [0.05, 0.1) is 10.6 Å². The Balaban J connectivity index is 1.95. The summed E-state index contributed by atoms with van der Waals surface area (Å²) in [6.07, 6.45) is 0.693. The summed E-state index contributed by atoms with van der Waals surface area (Å²) in [5, 5.41) is 2.79. The highest BCUT2D eigenvalue weighted by Gasteiger charge is 2.14. The van der Waals surface area contributed by atoms with Crippen LogP contribution in [0.4, 0.5) is 4.39 Å². The van der Waals surface area contributed by atoms with Gasteiger partial charge in [-0.15, -0.1) is 0 Å². The molecule has 0 aliphatic heterocycles. The first kappa shape index (κ1) is 13.6. The summed E-state index contributed by atoms with van der Waals surface area (Å²) in [5.74, 6) is -1.09. The van der Waals surface area contributed by atoms with Gasteiger partial charge >= 0.3 is 0 Å². The third-order valence-electron chi connectivity index (χ3n) is 2.73. The molecule has 98 valence electrons. The second-order valence-corrected chi connectivity index (χ2v) is 4.50. The van der Waals surface area contributed by atoms with Crippen molar-refractivity contribution >= 4 is 17.5 Å². The maximum absolute atomic E-state index is 13.5. The summed E-state index contributed by atoms with van der Waals surface area (Å²) in [4.78, 5) is 11.8. The molecule has 0 aromatic heterocycles. The highest BCUT2D eigenvalue weighted by atomic mass is 35.5. The first-order valence-corrected chi connectivity index (χ1v) is 6.32. The molecule has 0 unspecified atom stereocenters. The van der Waals surface area contributed by atoms with Crippen LogP contribution in [-0.2, 0) is 6.42 Å². The van der Waals surface area contributed by atoms with Gasteiger partial charge in [0.2, 0.25) is 0 Å². The van der Waals surface area contributed by atoms with E-state index in [1.807, 2.05) is 30.3 Å². The van der Waals surface area contributed by atoms with Crippen molar-refractivity contribution in [3.63, 3.8) is 0 Å². The number of hydrogen-bond acceptors (Lipinski definition) is 1. The number of benzene rings is 2. The average molecular weight is 278 g/mol. The predicted octanol–water partition coefficient (Wildman–Crippen LogP) is 3.45. The number of carbonyl (C=O) groups is 1. The summed E-state index contributed by atoms with van der Waals surface area (Å²) >= 11 is 5.82. The monoisotopic (exact) mass is 277 g/mol. The van der Waals surface area contributed by atoms with Crippen LogP contribution in [0.3, 0.4) is 0 Å². The fourth-order valence-corrected chi connectivity index (χ4v) is 2.02. The van der Waals surface area contributed by atoms with E-state index in [4.69, 9.17) is 11.6 Å². The van der Waals surface area contributed by atoms with Gasteiger partial charge in [-0.25, -0.2) is 4.39 Å². The summed E-state index contributed by atoms with van der Waals surface area (Å²) in [6.45, 7) is 0.438. The standard InChI is InChI=1S/C15H13ClFNO/c16-12-7-4-8-13(17)14(12)15(19)18-10-9-11-5-2-1-3-6-11/h1-8H,9-10H2,(H,18,19). The fourth-order valence-electron chi connectivity index (χ4n) is 1.77. The Morgan fingerprint density at radius 2 is 1.84 bits per heavy atom. The Hall–Kier alpha value is -1.87. The van der Waals surface area contributed by atoms with Gasteiger partial charge in [-0.1, -0.05) is 48.0 Å². The minimum atomic E-state index is -0.607. The van der Waals surface area contributed by atoms with Crippen molar-refractivity contribution in [2.24, 2.45) is 0 Å². The zero-order valence-corrected chi connectivity index (χ0v) is 11.0. The van der Waals surface area contributed by atoms with Gasteiger partial charge in [-0.05, 0) is 24.1 Å². The SMILES string of the molecule is O=C(NCCc1ccccc1)c1c(F)cccc1Cl. The van der Waals surface area contributed by atoms with Gasteiger partial charge in [0.1, 0.15) is 5.82 Å². The maximum Gasteiger partial charge on any atom is 0.255 e. The van der Waals surface area contributed by atoms with Crippen LogP contribution in [0.25, 0.3) is 0 Å². The van der Waals surface area contributed by atoms with E-state index in [9.17, 15) is 9.18 Å². The maximum atomic E-state index is 13.5. The van der Waals surface area contributed by atoms with Gasteiger partial charge in [-0.3, -0.25) is 4.79 Å². The van der Waals surface area contributed by atoms with E-state index in [2.05, 4.69) is 5.32 Å². The highest BCUT2D eigenvalue weighted by molar-refractivity contribution is 6.33.